The molecule has 110 valence electrons. The molecule has 1 aliphatic rings. The van der Waals surface area contributed by atoms with Crippen molar-refractivity contribution < 1.29 is 4.79 Å². The van der Waals surface area contributed by atoms with E-state index in [1.165, 1.54) is 36.2 Å². The number of hydrogen-bond donors (Lipinski definition) is 1. The number of carbonyl (C=O) groups is 1. The maximum atomic E-state index is 12.5. The molecule has 2 aromatic rings. The zero-order valence-corrected chi connectivity index (χ0v) is 13.2. The summed E-state index contributed by atoms with van der Waals surface area (Å²) in [6.07, 6.45) is 6.02. The monoisotopic (exact) mass is 299 g/mol. The van der Waals surface area contributed by atoms with Gasteiger partial charge in [-0.3, -0.25) is 4.79 Å². The van der Waals surface area contributed by atoms with Gasteiger partial charge in [-0.15, -0.1) is 11.3 Å². The van der Waals surface area contributed by atoms with Crippen LogP contribution in [0.25, 0.3) is 11.1 Å². The van der Waals surface area contributed by atoms with Gasteiger partial charge in [0.05, 0.1) is 4.88 Å². The second-order valence-corrected chi connectivity index (χ2v) is 6.75. The van der Waals surface area contributed by atoms with Crippen LogP contribution in [0.4, 0.5) is 0 Å². The van der Waals surface area contributed by atoms with Gasteiger partial charge in [0.15, 0.2) is 0 Å². The minimum Gasteiger partial charge on any atom is -0.349 e. The largest absolute Gasteiger partial charge is 0.349 e. The van der Waals surface area contributed by atoms with Crippen LogP contribution in [0.5, 0.6) is 0 Å². The van der Waals surface area contributed by atoms with Gasteiger partial charge in [-0.25, -0.2) is 0 Å². The van der Waals surface area contributed by atoms with Gasteiger partial charge in [-0.05, 0) is 36.8 Å². The molecule has 0 unspecified atom stereocenters. The smallest absolute Gasteiger partial charge is 0.262 e. The zero-order chi connectivity index (χ0) is 14.7. The fourth-order valence-corrected chi connectivity index (χ4v) is 3.76. The summed E-state index contributed by atoms with van der Waals surface area (Å²) < 4.78 is 0. The first kappa shape index (κ1) is 14.3. The number of aryl methyl sites for hydroxylation is 1. The van der Waals surface area contributed by atoms with Gasteiger partial charge in [0.2, 0.25) is 0 Å². The second-order valence-electron chi connectivity index (χ2n) is 5.84. The van der Waals surface area contributed by atoms with Crippen molar-refractivity contribution in [2.75, 3.05) is 0 Å². The minimum atomic E-state index is 0.0903. The third-order valence-corrected chi connectivity index (χ3v) is 5.09. The Kier molecular flexibility index (Phi) is 4.39. The Balaban J connectivity index is 1.78. The van der Waals surface area contributed by atoms with Crippen molar-refractivity contribution in [1.82, 2.24) is 5.32 Å². The highest BCUT2D eigenvalue weighted by Crippen LogP contribution is 2.29. The quantitative estimate of drug-likeness (QED) is 0.867. The van der Waals surface area contributed by atoms with Crippen LogP contribution >= 0.6 is 11.3 Å². The average molecular weight is 299 g/mol. The lowest BCUT2D eigenvalue weighted by atomic mass is 9.95. The van der Waals surface area contributed by atoms with Crippen LogP contribution in [0, 0.1) is 6.92 Å². The second kappa shape index (κ2) is 6.44. The van der Waals surface area contributed by atoms with Crippen LogP contribution in [-0.4, -0.2) is 11.9 Å². The number of benzene rings is 1. The topological polar surface area (TPSA) is 29.1 Å². The summed E-state index contributed by atoms with van der Waals surface area (Å²) in [5.74, 6) is 0.0903. The summed E-state index contributed by atoms with van der Waals surface area (Å²) in [5, 5.41) is 5.22. The summed E-state index contributed by atoms with van der Waals surface area (Å²) in [6.45, 7) is 2.08. The molecule has 1 fully saturated rings. The van der Waals surface area contributed by atoms with Gasteiger partial charge in [-0.1, -0.05) is 49.1 Å². The molecule has 1 N–H and O–H groups in total. The standard InChI is InChI=1S/C18H21NOS/c1-13-7-9-14(10-8-13)16-11-12-21-17(16)18(20)19-15-5-3-2-4-6-15/h7-12,15H,2-6H2,1H3,(H,19,20). The van der Waals surface area contributed by atoms with E-state index in [1.54, 1.807) is 0 Å². The molecule has 0 bridgehead atoms. The van der Waals surface area contributed by atoms with Gasteiger partial charge in [-0.2, -0.15) is 0 Å². The maximum Gasteiger partial charge on any atom is 0.262 e. The number of hydrogen-bond acceptors (Lipinski definition) is 2. The molecule has 1 aromatic carbocycles. The van der Waals surface area contributed by atoms with E-state index in [9.17, 15) is 4.79 Å². The van der Waals surface area contributed by atoms with E-state index >= 15 is 0 Å². The predicted octanol–water partition coefficient (Wildman–Crippen LogP) is 4.79. The van der Waals surface area contributed by atoms with Gasteiger partial charge in [0.25, 0.3) is 5.91 Å². The zero-order valence-electron chi connectivity index (χ0n) is 12.4. The Bertz CT molecular complexity index is 608. The van der Waals surface area contributed by atoms with Crippen molar-refractivity contribution in [2.45, 2.75) is 45.1 Å². The van der Waals surface area contributed by atoms with Crippen LogP contribution in [0.3, 0.4) is 0 Å². The fraction of sp³-hybridized carbons (Fsp3) is 0.389. The van der Waals surface area contributed by atoms with E-state index in [4.69, 9.17) is 0 Å². The number of amides is 1. The van der Waals surface area contributed by atoms with Crippen molar-refractivity contribution in [3.63, 3.8) is 0 Å². The number of thiophene rings is 1. The molecule has 1 amide bonds. The highest BCUT2D eigenvalue weighted by Gasteiger charge is 2.19. The molecule has 1 aliphatic carbocycles. The van der Waals surface area contributed by atoms with Gasteiger partial charge in [0.1, 0.15) is 0 Å². The van der Waals surface area contributed by atoms with E-state index < -0.39 is 0 Å². The number of rotatable bonds is 3. The molecule has 2 nitrogen and oxygen atoms in total. The van der Waals surface area contributed by atoms with E-state index in [1.807, 2.05) is 11.4 Å². The SMILES string of the molecule is Cc1ccc(-c2ccsc2C(=O)NC2CCCCC2)cc1. The van der Waals surface area contributed by atoms with E-state index in [0.717, 1.165) is 28.8 Å². The Labute approximate surface area is 130 Å². The Morgan fingerprint density at radius 2 is 1.81 bits per heavy atom. The van der Waals surface area contributed by atoms with Gasteiger partial charge >= 0.3 is 0 Å². The van der Waals surface area contributed by atoms with Crippen molar-refractivity contribution >= 4 is 17.2 Å². The van der Waals surface area contributed by atoms with Crippen LogP contribution < -0.4 is 5.32 Å². The normalized spacial score (nSPS) is 15.9. The molecule has 1 heterocycles. The lowest BCUT2D eigenvalue weighted by Gasteiger charge is -2.22. The predicted molar refractivity (Wildman–Crippen MR) is 88.8 cm³/mol. The minimum absolute atomic E-state index is 0.0903. The third-order valence-electron chi connectivity index (χ3n) is 4.17. The van der Waals surface area contributed by atoms with Crippen molar-refractivity contribution in [3.05, 3.63) is 46.2 Å². The molecule has 0 atom stereocenters. The van der Waals surface area contributed by atoms with Crippen molar-refractivity contribution in [2.24, 2.45) is 0 Å². The van der Waals surface area contributed by atoms with E-state index in [2.05, 4.69) is 36.5 Å². The van der Waals surface area contributed by atoms with Crippen LogP contribution in [-0.2, 0) is 0 Å². The molecule has 3 heteroatoms. The number of nitrogens with one attached hydrogen (secondary N) is 1. The van der Waals surface area contributed by atoms with Crippen molar-refractivity contribution in [1.29, 1.82) is 0 Å². The summed E-state index contributed by atoms with van der Waals surface area (Å²) in [4.78, 5) is 13.4. The number of carbonyl (C=O) groups excluding carboxylic acids is 1. The first-order chi connectivity index (χ1) is 10.2. The summed E-state index contributed by atoms with van der Waals surface area (Å²) >= 11 is 1.53. The van der Waals surface area contributed by atoms with Gasteiger partial charge < -0.3 is 5.32 Å². The molecule has 0 radical (unpaired) electrons. The van der Waals surface area contributed by atoms with Crippen LogP contribution in [0.2, 0.25) is 0 Å². The third kappa shape index (κ3) is 3.35. The summed E-state index contributed by atoms with van der Waals surface area (Å²) in [5.41, 5.74) is 3.41. The Morgan fingerprint density at radius 1 is 1.10 bits per heavy atom. The average Bonchev–Trinajstić information content (AvgIpc) is 2.98. The molecule has 0 spiro atoms. The van der Waals surface area contributed by atoms with Gasteiger partial charge in [0, 0.05) is 11.6 Å². The lowest BCUT2D eigenvalue weighted by Crippen LogP contribution is -2.35. The molecular weight excluding hydrogens is 278 g/mol. The summed E-state index contributed by atoms with van der Waals surface area (Å²) in [7, 11) is 0. The molecule has 3 rings (SSSR count). The molecule has 0 saturated heterocycles. The van der Waals surface area contributed by atoms with E-state index in [-0.39, 0.29) is 5.91 Å². The summed E-state index contributed by atoms with van der Waals surface area (Å²) in [6, 6.07) is 10.8. The highest BCUT2D eigenvalue weighted by atomic mass is 32.1. The highest BCUT2D eigenvalue weighted by molar-refractivity contribution is 7.12. The molecule has 1 aromatic heterocycles. The molecule has 1 saturated carbocycles. The molecule has 0 aliphatic heterocycles. The molecular formula is C18H21NOS. The Morgan fingerprint density at radius 3 is 2.52 bits per heavy atom. The van der Waals surface area contributed by atoms with Crippen LogP contribution in [0.15, 0.2) is 35.7 Å². The fourth-order valence-electron chi connectivity index (χ4n) is 2.94. The van der Waals surface area contributed by atoms with Crippen molar-refractivity contribution in [3.8, 4) is 11.1 Å². The Hall–Kier alpha value is -1.61. The first-order valence-electron chi connectivity index (χ1n) is 7.69. The maximum absolute atomic E-state index is 12.5. The lowest BCUT2D eigenvalue weighted by molar-refractivity contribution is 0.0932. The molecule has 21 heavy (non-hydrogen) atoms. The van der Waals surface area contributed by atoms with E-state index in [0.29, 0.717) is 6.04 Å². The van der Waals surface area contributed by atoms with Crippen LogP contribution in [0.1, 0.15) is 47.3 Å². The first-order valence-corrected chi connectivity index (χ1v) is 8.57.